The molecule has 0 bridgehead atoms. The second-order valence-electron chi connectivity index (χ2n) is 6.68. The molecule has 7 heteroatoms. The molecule has 1 N–H and O–H groups in total. The van der Waals surface area contributed by atoms with Gasteiger partial charge in [-0.15, -0.1) is 0 Å². The highest BCUT2D eigenvalue weighted by Crippen LogP contribution is 2.38. The summed E-state index contributed by atoms with van der Waals surface area (Å²) in [4.78, 5) is 28.6. The number of nitrogens with zero attached hydrogens (tertiary/aromatic N) is 2. The number of amides is 1. The number of ether oxygens (including phenoxy) is 2. The van der Waals surface area contributed by atoms with Crippen molar-refractivity contribution >= 4 is 11.7 Å². The van der Waals surface area contributed by atoms with Gasteiger partial charge in [-0.25, -0.2) is 0 Å². The first-order chi connectivity index (χ1) is 13.0. The van der Waals surface area contributed by atoms with Gasteiger partial charge < -0.3 is 19.5 Å². The smallest absolute Gasteiger partial charge is 0.290 e. The zero-order chi connectivity index (χ0) is 19.4. The first kappa shape index (κ1) is 19.4. The normalized spacial score (nSPS) is 21.0. The highest BCUT2D eigenvalue weighted by molar-refractivity contribution is 6.08. The van der Waals surface area contributed by atoms with Crippen molar-refractivity contribution in [3.63, 3.8) is 0 Å². The minimum absolute atomic E-state index is 0.158. The molecule has 1 atom stereocenters. The number of aliphatic hydroxyl groups is 1. The summed E-state index contributed by atoms with van der Waals surface area (Å²) in [5.41, 5.74) is 0.939. The van der Waals surface area contributed by atoms with E-state index >= 15 is 0 Å². The molecule has 0 aliphatic carbocycles. The average Bonchev–Trinajstić information content (AvgIpc) is 2.93. The van der Waals surface area contributed by atoms with Gasteiger partial charge in [-0.3, -0.25) is 14.5 Å². The van der Waals surface area contributed by atoms with Crippen LogP contribution in [-0.4, -0.2) is 72.6 Å². The highest BCUT2D eigenvalue weighted by Gasteiger charge is 2.42. The zero-order valence-corrected chi connectivity index (χ0v) is 15.8. The van der Waals surface area contributed by atoms with Gasteiger partial charge in [0.05, 0.1) is 31.4 Å². The van der Waals surface area contributed by atoms with Crippen LogP contribution in [0.1, 0.15) is 25.5 Å². The standard InChI is InChI=1S/C20H26N2O5/c1-3-27-16-6-4-15(5-7-16)18-17(14(2)23)19(24)20(25)22(18)9-8-21-10-12-26-13-11-21/h4-7,18,24H,3,8-13H2,1-2H3. The van der Waals surface area contributed by atoms with Crippen LogP contribution in [0.25, 0.3) is 0 Å². The topological polar surface area (TPSA) is 79.3 Å². The molecule has 7 nitrogen and oxygen atoms in total. The molecule has 0 radical (unpaired) electrons. The van der Waals surface area contributed by atoms with Gasteiger partial charge in [0.25, 0.3) is 5.91 Å². The van der Waals surface area contributed by atoms with E-state index in [9.17, 15) is 14.7 Å². The van der Waals surface area contributed by atoms with Crippen molar-refractivity contribution in [3.05, 3.63) is 41.2 Å². The van der Waals surface area contributed by atoms with Crippen LogP contribution >= 0.6 is 0 Å². The summed E-state index contributed by atoms with van der Waals surface area (Å²) in [6.07, 6.45) is 0. The number of aliphatic hydroxyl groups excluding tert-OH is 1. The van der Waals surface area contributed by atoms with Crippen molar-refractivity contribution in [1.29, 1.82) is 0 Å². The molecule has 1 fully saturated rings. The summed E-state index contributed by atoms with van der Waals surface area (Å²) < 4.78 is 10.8. The van der Waals surface area contributed by atoms with E-state index in [4.69, 9.17) is 9.47 Å². The van der Waals surface area contributed by atoms with Gasteiger partial charge in [0.2, 0.25) is 0 Å². The van der Waals surface area contributed by atoms with Crippen LogP contribution in [0.4, 0.5) is 0 Å². The molecule has 2 heterocycles. The van der Waals surface area contributed by atoms with Crippen LogP contribution in [0.2, 0.25) is 0 Å². The predicted octanol–water partition coefficient (Wildman–Crippen LogP) is 1.70. The Morgan fingerprint density at radius 1 is 1.22 bits per heavy atom. The lowest BCUT2D eigenvalue weighted by Gasteiger charge is -2.31. The zero-order valence-electron chi connectivity index (χ0n) is 15.8. The van der Waals surface area contributed by atoms with Crippen molar-refractivity contribution in [3.8, 4) is 5.75 Å². The van der Waals surface area contributed by atoms with Crippen molar-refractivity contribution in [2.45, 2.75) is 19.9 Å². The van der Waals surface area contributed by atoms with Crippen LogP contribution in [0, 0.1) is 0 Å². The maximum Gasteiger partial charge on any atom is 0.290 e. The Bertz CT molecular complexity index is 722. The predicted molar refractivity (Wildman–Crippen MR) is 99.7 cm³/mol. The highest BCUT2D eigenvalue weighted by atomic mass is 16.5. The fourth-order valence-electron chi connectivity index (χ4n) is 3.58. The lowest BCUT2D eigenvalue weighted by molar-refractivity contribution is -0.129. The Hall–Kier alpha value is -2.38. The summed E-state index contributed by atoms with van der Waals surface area (Å²) >= 11 is 0. The summed E-state index contributed by atoms with van der Waals surface area (Å²) in [6.45, 7) is 7.93. The van der Waals surface area contributed by atoms with Gasteiger partial charge >= 0.3 is 0 Å². The molecule has 2 aliphatic heterocycles. The lowest BCUT2D eigenvalue weighted by atomic mass is 9.96. The number of benzene rings is 1. The lowest BCUT2D eigenvalue weighted by Crippen LogP contribution is -2.43. The maximum absolute atomic E-state index is 12.6. The van der Waals surface area contributed by atoms with Crippen molar-refractivity contribution in [1.82, 2.24) is 9.80 Å². The van der Waals surface area contributed by atoms with Crippen LogP contribution in [0.3, 0.4) is 0 Å². The van der Waals surface area contributed by atoms with Crippen LogP contribution in [0.15, 0.2) is 35.6 Å². The molecule has 2 aliphatic rings. The van der Waals surface area contributed by atoms with Gasteiger partial charge in [0.15, 0.2) is 11.5 Å². The van der Waals surface area contributed by atoms with Crippen LogP contribution in [0.5, 0.6) is 5.75 Å². The second kappa shape index (κ2) is 8.54. The Balaban J connectivity index is 1.83. The molecule has 0 saturated carbocycles. The van der Waals surface area contributed by atoms with Crippen molar-refractivity contribution in [2.24, 2.45) is 0 Å². The van der Waals surface area contributed by atoms with E-state index in [2.05, 4.69) is 4.90 Å². The molecule has 1 saturated heterocycles. The molecule has 0 spiro atoms. The van der Waals surface area contributed by atoms with E-state index in [0.29, 0.717) is 32.9 Å². The van der Waals surface area contributed by atoms with Gasteiger partial charge in [0.1, 0.15) is 5.75 Å². The van der Waals surface area contributed by atoms with E-state index < -0.39 is 17.7 Å². The molecule has 3 rings (SSSR count). The third-order valence-electron chi connectivity index (χ3n) is 4.95. The first-order valence-corrected chi connectivity index (χ1v) is 9.30. The Morgan fingerprint density at radius 2 is 1.89 bits per heavy atom. The number of ketones is 1. The number of carbonyl (C=O) groups excluding carboxylic acids is 2. The largest absolute Gasteiger partial charge is 0.503 e. The molecule has 146 valence electrons. The number of Topliss-reactive ketones (excluding diaryl/α,β-unsaturated/α-hetero) is 1. The maximum atomic E-state index is 12.6. The number of rotatable bonds is 7. The van der Waals surface area contributed by atoms with E-state index in [1.165, 1.54) is 6.92 Å². The molecule has 27 heavy (non-hydrogen) atoms. The SMILES string of the molecule is CCOc1ccc(C2C(C(C)=O)=C(O)C(=O)N2CCN2CCOCC2)cc1. The van der Waals surface area contributed by atoms with Gasteiger partial charge in [-0.2, -0.15) is 0 Å². The Morgan fingerprint density at radius 3 is 2.48 bits per heavy atom. The Labute approximate surface area is 159 Å². The third-order valence-corrected chi connectivity index (χ3v) is 4.95. The van der Waals surface area contributed by atoms with E-state index in [-0.39, 0.29) is 11.4 Å². The molecule has 0 aromatic heterocycles. The van der Waals surface area contributed by atoms with Crippen molar-refractivity contribution < 1.29 is 24.2 Å². The molecule has 1 amide bonds. The molecular formula is C20H26N2O5. The molecular weight excluding hydrogens is 348 g/mol. The first-order valence-electron chi connectivity index (χ1n) is 9.30. The van der Waals surface area contributed by atoms with E-state index in [1.807, 2.05) is 31.2 Å². The van der Waals surface area contributed by atoms with Gasteiger partial charge in [0, 0.05) is 26.2 Å². The Kier molecular flexibility index (Phi) is 6.13. The fraction of sp³-hybridized carbons (Fsp3) is 0.500. The second-order valence-corrected chi connectivity index (χ2v) is 6.68. The molecule has 1 aromatic carbocycles. The number of hydrogen-bond acceptors (Lipinski definition) is 6. The van der Waals surface area contributed by atoms with Crippen LogP contribution < -0.4 is 4.74 Å². The van der Waals surface area contributed by atoms with Gasteiger partial charge in [-0.05, 0) is 31.5 Å². The third kappa shape index (κ3) is 4.14. The number of morpholine rings is 1. The average molecular weight is 374 g/mol. The molecule has 1 aromatic rings. The summed E-state index contributed by atoms with van der Waals surface area (Å²) in [5.74, 6) is -0.507. The number of hydrogen-bond donors (Lipinski definition) is 1. The van der Waals surface area contributed by atoms with Gasteiger partial charge in [-0.1, -0.05) is 12.1 Å². The monoisotopic (exact) mass is 374 g/mol. The number of carbonyl (C=O) groups is 2. The van der Waals surface area contributed by atoms with E-state index in [1.54, 1.807) is 4.90 Å². The summed E-state index contributed by atoms with van der Waals surface area (Å²) in [6, 6.07) is 6.73. The minimum atomic E-state index is -0.577. The van der Waals surface area contributed by atoms with Crippen molar-refractivity contribution in [2.75, 3.05) is 46.0 Å². The fourth-order valence-corrected chi connectivity index (χ4v) is 3.58. The quantitative estimate of drug-likeness (QED) is 0.783. The van der Waals surface area contributed by atoms with E-state index in [0.717, 1.165) is 24.4 Å². The summed E-state index contributed by atoms with van der Waals surface area (Å²) in [7, 11) is 0. The molecule has 1 unspecified atom stereocenters. The van der Waals surface area contributed by atoms with Crippen LogP contribution in [-0.2, 0) is 14.3 Å². The minimum Gasteiger partial charge on any atom is -0.503 e. The summed E-state index contributed by atoms with van der Waals surface area (Å²) in [5, 5.41) is 10.3.